The van der Waals surface area contributed by atoms with Crippen molar-refractivity contribution in [2.24, 2.45) is 11.7 Å². The number of likely N-dealkylation sites (tertiary alicyclic amines) is 1. The Labute approximate surface area is 107 Å². The van der Waals surface area contributed by atoms with Crippen LogP contribution in [0.5, 0.6) is 0 Å². The summed E-state index contributed by atoms with van der Waals surface area (Å²) in [5, 5.41) is 9.82. The number of hydrogen-bond acceptors (Lipinski definition) is 3. The Bertz CT molecular complexity index is 355. The van der Waals surface area contributed by atoms with E-state index < -0.39 is 0 Å². The van der Waals surface area contributed by atoms with Crippen molar-refractivity contribution in [1.29, 1.82) is 0 Å². The molecule has 4 heteroatoms. The van der Waals surface area contributed by atoms with Crippen LogP contribution in [-0.2, 0) is 6.54 Å². The molecule has 1 saturated heterocycles. The van der Waals surface area contributed by atoms with Gasteiger partial charge in [-0.05, 0) is 36.6 Å². The molecule has 0 amide bonds. The minimum absolute atomic E-state index is 0.0785. The molecule has 0 saturated carbocycles. The van der Waals surface area contributed by atoms with E-state index in [-0.39, 0.29) is 12.6 Å². The van der Waals surface area contributed by atoms with Crippen LogP contribution >= 0.6 is 11.6 Å². The molecule has 1 heterocycles. The number of aliphatic hydroxyl groups is 1. The lowest BCUT2D eigenvalue weighted by molar-refractivity contribution is 0.221. The second kappa shape index (κ2) is 5.83. The molecule has 2 atom stereocenters. The van der Waals surface area contributed by atoms with Crippen LogP contribution in [0.2, 0.25) is 5.02 Å². The van der Waals surface area contributed by atoms with Gasteiger partial charge in [0.1, 0.15) is 0 Å². The number of halogens is 1. The second-order valence-corrected chi connectivity index (χ2v) is 5.19. The maximum absolute atomic E-state index is 9.04. The number of aliphatic hydroxyl groups excluding tert-OH is 1. The Morgan fingerprint density at radius 2 is 2.12 bits per heavy atom. The first kappa shape index (κ1) is 12.8. The highest BCUT2D eigenvalue weighted by atomic mass is 35.5. The summed E-state index contributed by atoms with van der Waals surface area (Å²) in [5.74, 6) is 0.423. The average Bonchev–Trinajstić information content (AvgIpc) is 2.80. The van der Waals surface area contributed by atoms with Crippen LogP contribution in [-0.4, -0.2) is 35.7 Å². The summed E-state index contributed by atoms with van der Waals surface area (Å²) in [6.07, 6.45) is 1.08. The third-order valence-electron chi connectivity index (χ3n) is 3.44. The first-order valence-corrected chi connectivity index (χ1v) is 6.40. The Morgan fingerprint density at radius 1 is 1.41 bits per heavy atom. The van der Waals surface area contributed by atoms with Crippen LogP contribution in [0, 0.1) is 5.92 Å². The molecule has 3 nitrogen and oxygen atoms in total. The van der Waals surface area contributed by atoms with Crippen molar-refractivity contribution in [1.82, 2.24) is 4.90 Å². The Morgan fingerprint density at radius 3 is 2.76 bits per heavy atom. The number of hydrogen-bond donors (Lipinski definition) is 2. The lowest BCUT2D eigenvalue weighted by atomic mass is 10.0. The van der Waals surface area contributed by atoms with Crippen LogP contribution < -0.4 is 5.73 Å². The summed E-state index contributed by atoms with van der Waals surface area (Å²) in [6, 6.07) is 7.88. The topological polar surface area (TPSA) is 49.5 Å². The zero-order valence-electron chi connectivity index (χ0n) is 9.85. The highest BCUT2D eigenvalue weighted by Crippen LogP contribution is 2.21. The van der Waals surface area contributed by atoms with Crippen molar-refractivity contribution >= 4 is 11.6 Å². The summed E-state index contributed by atoms with van der Waals surface area (Å²) in [6.45, 7) is 3.05. The first-order valence-electron chi connectivity index (χ1n) is 6.02. The predicted molar refractivity (Wildman–Crippen MR) is 69.9 cm³/mol. The molecule has 1 aliphatic heterocycles. The lowest BCUT2D eigenvalue weighted by Crippen LogP contribution is -2.35. The van der Waals surface area contributed by atoms with Gasteiger partial charge in [0.25, 0.3) is 0 Å². The molecular formula is C13H19ClN2O. The zero-order valence-corrected chi connectivity index (χ0v) is 10.6. The van der Waals surface area contributed by atoms with Crippen molar-refractivity contribution in [2.75, 3.05) is 19.7 Å². The summed E-state index contributed by atoms with van der Waals surface area (Å²) in [4.78, 5) is 2.38. The molecule has 94 valence electrons. The number of rotatable bonds is 4. The van der Waals surface area contributed by atoms with Crippen LogP contribution in [0.15, 0.2) is 24.3 Å². The standard InChI is InChI=1S/C13H19ClN2O/c14-12-3-1-10(2-4-12)7-16-6-5-11(8-16)13(15)9-17/h1-4,11,13,17H,5-9,15H2. The summed E-state index contributed by atoms with van der Waals surface area (Å²) in [5.41, 5.74) is 7.13. The van der Waals surface area contributed by atoms with Crippen LogP contribution in [0.1, 0.15) is 12.0 Å². The zero-order chi connectivity index (χ0) is 12.3. The van der Waals surface area contributed by atoms with E-state index in [0.29, 0.717) is 5.92 Å². The quantitative estimate of drug-likeness (QED) is 0.856. The second-order valence-electron chi connectivity index (χ2n) is 4.76. The molecule has 17 heavy (non-hydrogen) atoms. The molecule has 3 N–H and O–H groups in total. The summed E-state index contributed by atoms with van der Waals surface area (Å²) in [7, 11) is 0. The normalized spacial score (nSPS) is 22.9. The maximum Gasteiger partial charge on any atom is 0.0585 e. The van der Waals surface area contributed by atoms with E-state index in [0.717, 1.165) is 31.1 Å². The minimum atomic E-state index is -0.0785. The number of benzene rings is 1. The molecule has 0 aromatic heterocycles. The summed E-state index contributed by atoms with van der Waals surface area (Å²) < 4.78 is 0. The molecule has 0 spiro atoms. The highest BCUT2D eigenvalue weighted by molar-refractivity contribution is 6.30. The Kier molecular flexibility index (Phi) is 4.40. The van der Waals surface area contributed by atoms with Gasteiger partial charge in [0.15, 0.2) is 0 Å². The van der Waals surface area contributed by atoms with Gasteiger partial charge >= 0.3 is 0 Å². The molecule has 1 fully saturated rings. The third kappa shape index (κ3) is 3.42. The van der Waals surface area contributed by atoms with Gasteiger partial charge in [0.2, 0.25) is 0 Å². The van der Waals surface area contributed by atoms with Gasteiger partial charge in [-0.2, -0.15) is 0 Å². The van der Waals surface area contributed by atoms with E-state index in [9.17, 15) is 0 Å². The van der Waals surface area contributed by atoms with E-state index in [1.165, 1.54) is 5.56 Å². The molecule has 2 unspecified atom stereocenters. The van der Waals surface area contributed by atoms with Gasteiger partial charge < -0.3 is 10.8 Å². The molecule has 1 aliphatic rings. The Hall–Kier alpha value is -0.610. The van der Waals surface area contributed by atoms with Crippen molar-refractivity contribution in [2.45, 2.75) is 19.0 Å². The fraction of sp³-hybridized carbons (Fsp3) is 0.538. The molecule has 0 radical (unpaired) electrons. The van der Waals surface area contributed by atoms with Gasteiger partial charge in [-0.15, -0.1) is 0 Å². The van der Waals surface area contributed by atoms with E-state index in [2.05, 4.69) is 17.0 Å². The fourth-order valence-electron chi connectivity index (χ4n) is 2.35. The fourth-order valence-corrected chi connectivity index (χ4v) is 2.48. The van der Waals surface area contributed by atoms with Crippen LogP contribution in [0.25, 0.3) is 0 Å². The first-order chi connectivity index (χ1) is 8.19. The van der Waals surface area contributed by atoms with Gasteiger partial charge in [-0.3, -0.25) is 4.90 Å². The molecular weight excluding hydrogens is 236 g/mol. The van der Waals surface area contributed by atoms with Gasteiger partial charge in [-0.25, -0.2) is 0 Å². The maximum atomic E-state index is 9.04. The van der Waals surface area contributed by atoms with Gasteiger partial charge in [0, 0.05) is 24.2 Å². The smallest absolute Gasteiger partial charge is 0.0585 e. The van der Waals surface area contributed by atoms with E-state index >= 15 is 0 Å². The van der Waals surface area contributed by atoms with E-state index in [1.807, 2.05) is 12.1 Å². The molecule has 1 aromatic carbocycles. The molecule has 1 aromatic rings. The highest BCUT2D eigenvalue weighted by Gasteiger charge is 2.26. The molecule has 0 bridgehead atoms. The molecule has 2 rings (SSSR count). The van der Waals surface area contributed by atoms with Gasteiger partial charge in [0.05, 0.1) is 6.61 Å². The lowest BCUT2D eigenvalue weighted by Gasteiger charge is -2.18. The van der Waals surface area contributed by atoms with Gasteiger partial charge in [-0.1, -0.05) is 23.7 Å². The summed E-state index contributed by atoms with van der Waals surface area (Å²) >= 11 is 5.85. The van der Waals surface area contributed by atoms with Crippen LogP contribution in [0.3, 0.4) is 0 Å². The van der Waals surface area contributed by atoms with Crippen molar-refractivity contribution < 1.29 is 5.11 Å². The largest absolute Gasteiger partial charge is 0.395 e. The Balaban J connectivity index is 1.87. The number of nitrogens with two attached hydrogens (primary N) is 1. The monoisotopic (exact) mass is 254 g/mol. The molecule has 0 aliphatic carbocycles. The van der Waals surface area contributed by atoms with Crippen LogP contribution in [0.4, 0.5) is 0 Å². The van der Waals surface area contributed by atoms with Crippen molar-refractivity contribution in [3.8, 4) is 0 Å². The van der Waals surface area contributed by atoms with E-state index in [1.54, 1.807) is 0 Å². The minimum Gasteiger partial charge on any atom is -0.395 e. The van der Waals surface area contributed by atoms with Crippen molar-refractivity contribution in [3.63, 3.8) is 0 Å². The van der Waals surface area contributed by atoms with Crippen molar-refractivity contribution in [3.05, 3.63) is 34.9 Å². The predicted octanol–water partition coefficient (Wildman–Crippen LogP) is 1.48. The average molecular weight is 255 g/mol. The third-order valence-corrected chi connectivity index (χ3v) is 3.70. The SMILES string of the molecule is NC(CO)C1CCN(Cc2ccc(Cl)cc2)C1. The van der Waals surface area contributed by atoms with E-state index in [4.69, 9.17) is 22.4 Å². The number of nitrogens with zero attached hydrogens (tertiary/aromatic N) is 1.